The Morgan fingerprint density at radius 2 is 1.55 bits per heavy atom. The molecule has 154 valence electrons. The molecule has 0 N–H and O–H groups in total. The number of benzene rings is 2. The Morgan fingerprint density at radius 3 is 2.07 bits per heavy atom. The summed E-state index contributed by atoms with van der Waals surface area (Å²) in [5.74, 6) is 2.56. The van der Waals surface area contributed by atoms with Crippen LogP contribution in [0.5, 0.6) is 5.75 Å². The summed E-state index contributed by atoms with van der Waals surface area (Å²) < 4.78 is 11.5. The van der Waals surface area contributed by atoms with Gasteiger partial charge in [0.15, 0.2) is 0 Å². The van der Waals surface area contributed by atoms with Crippen LogP contribution in [0.25, 0.3) is 11.1 Å². The number of hydrogen-bond acceptors (Lipinski definition) is 4. The van der Waals surface area contributed by atoms with E-state index in [0.717, 1.165) is 25.4 Å². The molecular formula is C24H29NO3S. The van der Waals surface area contributed by atoms with Crippen molar-refractivity contribution in [3.05, 3.63) is 48.5 Å². The van der Waals surface area contributed by atoms with Gasteiger partial charge in [-0.2, -0.15) is 0 Å². The molecule has 2 aliphatic rings. The Kier molecular flexibility index (Phi) is 5.52. The van der Waals surface area contributed by atoms with Crippen LogP contribution in [0.2, 0.25) is 0 Å². The number of rotatable bonds is 5. The van der Waals surface area contributed by atoms with E-state index in [1.807, 2.05) is 37.8 Å². The third-order valence-electron chi connectivity index (χ3n) is 5.74. The molecule has 2 unspecified atom stereocenters. The van der Waals surface area contributed by atoms with Gasteiger partial charge < -0.3 is 14.4 Å². The summed E-state index contributed by atoms with van der Waals surface area (Å²) in [5.41, 5.74) is 1.98. The maximum Gasteiger partial charge on any atom is 0.410 e. The lowest BCUT2D eigenvalue weighted by molar-refractivity contribution is 0.0261. The van der Waals surface area contributed by atoms with Crippen LogP contribution in [-0.2, 0) is 4.74 Å². The van der Waals surface area contributed by atoms with E-state index in [9.17, 15) is 4.79 Å². The Hall–Kier alpha value is -2.14. The number of hydrogen-bond donors (Lipinski definition) is 0. The number of thioether (sulfide) groups is 1. The van der Waals surface area contributed by atoms with Crippen molar-refractivity contribution in [3.8, 4) is 16.9 Å². The lowest BCUT2D eigenvalue weighted by Gasteiger charge is -2.25. The minimum atomic E-state index is -0.435. The van der Waals surface area contributed by atoms with Crippen LogP contribution in [0.15, 0.2) is 53.4 Å². The highest BCUT2D eigenvalue weighted by molar-refractivity contribution is 7.98. The molecule has 0 aromatic heterocycles. The topological polar surface area (TPSA) is 38.8 Å². The highest BCUT2D eigenvalue weighted by Gasteiger charge is 2.57. The maximum atomic E-state index is 12.2. The normalized spacial score (nSPS) is 22.9. The molecule has 1 aliphatic carbocycles. The Balaban J connectivity index is 1.25. The zero-order chi connectivity index (χ0) is 20.6. The summed E-state index contributed by atoms with van der Waals surface area (Å²) in [4.78, 5) is 15.3. The molecule has 0 spiro atoms. The Bertz CT molecular complexity index is 845. The summed E-state index contributed by atoms with van der Waals surface area (Å²) in [6, 6.07) is 16.9. The van der Waals surface area contributed by atoms with E-state index in [-0.39, 0.29) is 6.09 Å². The lowest BCUT2D eigenvalue weighted by Crippen LogP contribution is -2.37. The zero-order valence-corrected chi connectivity index (χ0v) is 18.4. The van der Waals surface area contributed by atoms with Crippen molar-refractivity contribution < 1.29 is 14.3 Å². The Morgan fingerprint density at radius 1 is 1.00 bits per heavy atom. The molecule has 0 radical (unpaired) electrons. The number of fused-ring (bicyclic) bond motifs is 1. The van der Waals surface area contributed by atoms with Crippen LogP contribution in [0, 0.1) is 17.8 Å². The molecule has 1 saturated carbocycles. The standard InChI is InChI=1S/C24H29NO3S/c1-24(2,3)28-23(26)25-13-20-21(14-25)22(20)15-27-18-9-5-16(6-10-18)17-7-11-19(29-4)12-8-17/h5-12,20-22H,13-15H2,1-4H3. The third-order valence-corrected chi connectivity index (χ3v) is 6.49. The first-order valence-corrected chi connectivity index (χ1v) is 11.4. The van der Waals surface area contributed by atoms with E-state index >= 15 is 0 Å². The first-order valence-electron chi connectivity index (χ1n) is 10.2. The summed E-state index contributed by atoms with van der Waals surface area (Å²) in [5, 5.41) is 0. The smallest absolute Gasteiger partial charge is 0.410 e. The van der Waals surface area contributed by atoms with Crippen LogP contribution in [-0.4, -0.2) is 42.5 Å². The van der Waals surface area contributed by atoms with E-state index in [4.69, 9.17) is 9.47 Å². The van der Waals surface area contributed by atoms with E-state index < -0.39 is 5.60 Å². The van der Waals surface area contributed by atoms with Crippen LogP contribution in [0.4, 0.5) is 4.79 Å². The summed E-state index contributed by atoms with van der Waals surface area (Å²) in [6.45, 7) is 8.02. The second-order valence-corrected chi connectivity index (χ2v) is 9.82. The highest BCUT2D eigenvalue weighted by Crippen LogP contribution is 2.52. The van der Waals surface area contributed by atoms with Gasteiger partial charge in [-0.1, -0.05) is 24.3 Å². The van der Waals surface area contributed by atoms with E-state index in [1.54, 1.807) is 11.8 Å². The number of likely N-dealkylation sites (tertiary alicyclic amines) is 1. The second kappa shape index (κ2) is 7.94. The minimum Gasteiger partial charge on any atom is -0.493 e. The van der Waals surface area contributed by atoms with Crippen molar-refractivity contribution in [2.75, 3.05) is 26.0 Å². The molecule has 0 bridgehead atoms. The van der Waals surface area contributed by atoms with Crippen molar-refractivity contribution >= 4 is 17.9 Å². The third kappa shape index (κ3) is 4.72. The number of nitrogens with zero attached hydrogens (tertiary/aromatic N) is 1. The summed E-state index contributed by atoms with van der Waals surface area (Å²) in [6.07, 6.45) is 1.90. The molecule has 1 heterocycles. The van der Waals surface area contributed by atoms with Gasteiger partial charge in [0.05, 0.1) is 6.61 Å². The first-order chi connectivity index (χ1) is 13.8. The summed E-state index contributed by atoms with van der Waals surface area (Å²) in [7, 11) is 0. The predicted octanol–water partition coefficient (Wildman–Crippen LogP) is 5.57. The van der Waals surface area contributed by atoms with Crippen molar-refractivity contribution in [3.63, 3.8) is 0 Å². The molecular weight excluding hydrogens is 382 g/mol. The van der Waals surface area contributed by atoms with Gasteiger partial charge in [-0.05, 0) is 74.3 Å². The molecule has 2 aromatic carbocycles. The average Bonchev–Trinajstić information content (AvgIpc) is 3.14. The molecule has 4 nitrogen and oxygen atoms in total. The van der Waals surface area contributed by atoms with E-state index in [2.05, 4.69) is 42.7 Å². The van der Waals surface area contributed by atoms with Crippen LogP contribution in [0.1, 0.15) is 20.8 Å². The molecule has 1 aliphatic heterocycles. The van der Waals surface area contributed by atoms with Crippen LogP contribution < -0.4 is 4.74 Å². The number of ether oxygens (including phenoxy) is 2. The molecule has 29 heavy (non-hydrogen) atoms. The first kappa shape index (κ1) is 20.1. The number of amides is 1. The monoisotopic (exact) mass is 411 g/mol. The van der Waals surface area contributed by atoms with Gasteiger partial charge in [0.1, 0.15) is 11.4 Å². The quantitative estimate of drug-likeness (QED) is 0.603. The fraction of sp³-hybridized carbons (Fsp3) is 0.458. The van der Waals surface area contributed by atoms with Crippen molar-refractivity contribution in [2.45, 2.75) is 31.3 Å². The van der Waals surface area contributed by atoms with Crippen molar-refractivity contribution in [1.29, 1.82) is 0 Å². The molecule has 4 rings (SSSR count). The SMILES string of the molecule is CSc1ccc(-c2ccc(OCC3C4CN(C(=O)OC(C)(C)C)CC34)cc2)cc1. The highest BCUT2D eigenvalue weighted by atomic mass is 32.2. The van der Waals surface area contributed by atoms with Gasteiger partial charge in [0, 0.05) is 23.9 Å². The average molecular weight is 412 g/mol. The largest absolute Gasteiger partial charge is 0.493 e. The summed E-state index contributed by atoms with van der Waals surface area (Å²) >= 11 is 1.75. The van der Waals surface area contributed by atoms with E-state index in [0.29, 0.717) is 17.8 Å². The fourth-order valence-electron chi connectivity index (χ4n) is 4.09. The van der Waals surface area contributed by atoms with Crippen LogP contribution >= 0.6 is 11.8 Å². The maximum absolute atomic E-state index is 12.2. The van der Waals surface area contributed by atoms with E-state index in [1.165, 1.54) is 16.0 Å². The van der Waals surface area contributed by atoms with Gasteiger partial charge in [0.25, 0.3) is 0 Å². The molecule has 5 heteroatoms. The van der Waals surface area contributed by atoms with Crippen LogP contribution in [0.3, 0.4) is 0 Å². The van der Waals surface area contributed by atoms with Gasteiger partial charge in [-0.3, -0.25) is 0 Å². The molecule has 2 aromatic rings. The predicted molar refractivity (Wildman–Crippen MR) is 117 cm³/mol. The van der Waals surface area contributed by atoms with Gasteiger partial charge in [0.2, 0.25) is 0 Å². The van der Waals surface area contributed by atoms with Crippen molar-refractivity contribution in [2.24, 2.45) is 17.8 Å². The molecule has 1 saturated heterocycles. The number of carbonyl (C=O) groups is 1. The van der Waals surface area contributed by atoms with Crippen molar-refractivity contribution in [1.82, 2.24) is 4.90 Å². The molecule has 2 atom stereocenters. The lowest BCUT2D eigenvalue weighted by atomic mass is 10.1. The number of piperidine rings is 1. The minimum absolute atomic E-state index is 0.189. The molecule has 2 fully saturated rings. The molecule has 1 amide bonds. The van der Waals surface area contributed by atoms with Gasteiger partial charge >= 0.3 is 6.09 Å². The zero-order valence-electron chi connectivity index (χ0n) is 17.6. The Labute approximate surface area is 177 Å². The fourth-order valence-corrected chi connectivity index (χ4v) is 4.50. The number of carbonyl (C=O) groups excluding carboxylic acids is 1. The van der Waals surface area contributed by atoms with Gasteiger partial charge in [-0.25, -0.2) is 4.79 Å². The van der Waals surface area contributed by atoms with Gasteiger partial charge in [-0.15, -0.1) is 11.8 Å². The second-order valence-electron chi connectivity index (χ2n) is 8.94.